The van der Waals surface area contributed by atoms with Gasteiger partial charge >= 0.3 is 10.8 Å². The van der Waals surface area contributed by atoms with E-state index < -0.39 is 6.04 Å². The van der Waals surface area contributed by atoms with Crippen molar-refractivity contribution >= 4 is 61.5 Å². The van der Waals surface area contributed by atoms with Crippen LogP contribution in [0, 0.1) is 6.92 Å². The number of likely N-dealkylation sites (N-methyl/N-ethyl adjacent to an activating group) is 2. The zero-order valence-electron chi connectivity index (χ0n) is 12.7. The fourth-order valence-electron chi connectivity index (χ4n) is 2.36. The molecule has 0 aliphatic carbocycles. The van der Waals surface area contributed by atoms with E-state index in [9.17, 15) is 9.59 Å². The maximum absolute atomic E-state index is 12.4. The summed E-state index contributed by atoms with van der Waals surface area (Å²) in [5.41, 5.74) is 0. The Kier molecular flexibility index (Phi) is 4.52. The molecule has 3 amide bonds. The molecular formula is C12H14BrN6O2S2+. The Bertz CT molecular complexity index is 746. The first kappa shape index (κ1) is 16.5. The van der Waals surface area contributed by atoms with Crippen LogP contribution in [0.4, 0.5) is 4.79 Å². The molecule has 0 N–H and O–H groups in total. The van der Waals surface area contributed by atoms with Gasteiger partial charge in [-0.3, -0.25) is 14.6 Å². The van der Waals surface area contributed by atoms with Gasteiger partial charge in [0.05, 0.1) is 22.5 Å². The van der Waals surface area contributed by atoms with Crippen LogP contribution in [-0.4, -0.2) is 79.5 Å². The number of amidine groups is 2. The largest absolute Gasteiger partial charge is 0.364 e. The summed E-state index contributed by atoms with van der Waals surface area (Å²) in [4.78, 5) is 31.3. The number of aryl methyl sites for hydroxylation is 1. The highest BCUT2D eigenvalue weighted by Gasteiger charge is 2.52. The van der Waals surface area contributed by atoms with Crippen LogP contribution in [0.2, 0.25) is 0 Å². The highest BCUT2D eigenvalue weighted by Crippen LogP contribution is 2.24. The average Bonchev–Trinajstić information content (AvgIpc) is 3.07. The van der Waals surface area contributed by atoms with Crippen molar-refractivity contribution in [1.82, 2.24) is 20.0 Å². The van der Waals surface area contributed by atoms with E-state index in [-0.39, 0.29) is 11.9 Å². The normalized spacial score (nSPS) is 21.2. The molecule has 122 valence electrons. The smallest absolute Gasteiger partial charge is 0.269 e. The van der Waals surface area contributed by atoms with E-state index >= 15 is 0 Å². The number of amides is 3. The summed E-state index contributed by atoms with van der Waals surface area (Å²) < 4.78 is 3.33. The molecule has 1 saturated heterocycles. The number of halogens is 1. The molecule has 3 heterocycles. The van der Waals surface area contributed by atoms with Crippen LogP contribution in [0.1, 0.15) is 5.01 Å². The van der Waals surface area contributed by atoms with E-state index in [0.717, 1.165) is 20.0 Å². The summed E-state index contributed by atoms with van der Waals surface area (Å²) in [6, 6.07) is -0.931. The molecule has 1 aromatic rings. The molecule has 1 unspecified atom stereocenters. The maximum Gasteiger partial charge on any atom is 0.364 e. The molecule has 2 aliphatic rings. The molecule has 0 aromatic carbocycles. The molecule has 23 heavy (non-hydrogen) atoms. The minimum absolute atomic E-state index is 0.266. The minimum Gasteiger partial charge on any atom is -0.269 e. The van der Waals surface area contributed by atoms with Crippen molar-refractivity contribution in [2.24, 2.45) is 4.99 Å². The average molecular weight is 418 g/mol. The van der Waals surface area contributed by atoms with E-state index in [1.165, 1.54) is 11.9 Å². The van der Waals surface area contributed by atoms with Crippen molar-refractivity contribution < 1.29 is 14.2 Å². The van der Waals surface area contributed by atoms with Crippen LogP contribution < -0.4 is 0 Å². The summed E-state index contributed by atoms with van der Waals surface area (Å²) in [6.45, 7) is 2.51. The first-order valence-corrected chi connectivity index (χ1v) is 9.35. The molecular weight excluding hydrogens is 404 g/mol. The second kappa shape index (κ2) is 6.29. The van der Waals surface area contributed by atoms with Gasteiger partial charge in [-0.05, 0) is 11.9 Å². The third-order valence-corrected chi connectivity index (χ3v) is 6.13. The van der Waals surface area contributed by atoms with Crippen LogP contribution >= 0.6 is 39.0 Å². The number of hydrogen-bond donors (Lipinski definition) is 0. The van der Waals surface area contributed by atoms with Gasteiger partial charge in [0.25, 0.3) is 17.8 Å². The molecule has 0 radical (unpaired) electrons. The SMILES string of the molecule is Cc1nnc(SCC[N+]2=C(Br)N=C3C2C(=O)N(C)C(=O)N3C)s1. The number of aliphatic imine (C=N–C) groups is 1. The highest BCUT2D eigenvalue weighted by molar-refractivity contribution is 9.18. The van der Waals surface area contributed by atoms with Gasteiger partial charge in [-0.1, -0.05) is 23.1 Å². The van der Waals surface area contributed by atoms with Crippen LogP contribution in [0.3, 0.4) is 0 Å². The van der Waals surface area contributed by atoms with Crippen LogP contribution in [-0.2, 0) is 4.79 Å². The van der Waals surface area contributed by atoms with Crippen molar-refractivity contribution in [3.8, 4) is 0 Å². The fourth-order valence-corrected chi connectivity index (χ4v) is 4.75. The molecule has 11 heteroatoms. The lowest BCUT2D eigenvalue weighted by Crippen LogP contribution is -2.61. The monoisotopic (exact) mass is 417 g/mol. The van der Waals surface area contributed by atoms with E-state index in [0.29, 0.717) is 17.1 Å². The molecule has 1 fully saturated rings. The topological polar surface area (TPSA) is 81.8 Å². The van der Waals surface area contributed by atoms with Gasteiger partial charge in [-0.2, -0.15) is 0 Å². The Balaban J connectivity index is 1.72. The summed E-state index contributed by atoms with van der Waals surface area (Å²) >= 11 is 6.52. The molecule has 2 aliphatic heterocycles. The van der Waals surface area contributed by atoms with Gasteiger partial charge in [-0.25, -0.2) is 9.37 Å². The predicted octanol–water partition coefficient (Wildman–Crippen LogP) is 1.01. The van der Waals surface area contributed by atoms with Gasteiger partial charge < -0.3 is 0 Å². The Hall–Kier alpha value is -1.33. The maximum atomic E-state index is 12.4. The zero-order chi connectivity index (χ0) is 16.7. The van der Waals surface area contributed by atoms with Crippen molar-refractivity contribution in [1.29, 1.82) is 0 Å². The third kappa shape index (κ3) is 2.92. The van der Waals surface area contributed by atoms with E-state index in [2.05, 4.69) is 31.1 Å². The van der Waals surface area contributed by atoms with E-state index in [1.54, 1.807) is 30.1 Å². The molecule has 8 nitrogen and oxygen atoms in total. The van der Waals surface area contributed by atoms with Crippen LogP contribution in [0.5, 0.6) is 0 Å². The van der Waals surface area contributed by atoms with Crippen molar-refractivity contribution in [2.45, 2.75) is 17.3 Å². The number of imide groups is 1. The van der Waals surface area contributed by atoms with Gasteiger partial charge in [0, 0.05) is 19.8 Å². The van der Waals surface area contributed by atoms with Gasteiger partial charge in [0.15, 0.2) is 4.34 Å². The second-order valence-electron chi connectivity index (χ2n) is 5.01. The van der Waals surface area contributed by atoms with E-state index in [4.69, 9.17) is 0 Å². The Morgan fingerprint density at radius 2 is 2.04 bits per heavy atom. The Morgan fingerprint density at radius 1 is 1.30 bits per heavy atom. The van der Waals surface area contributed by atoms with Crippen molar-refractivity contribution in [2.75, 3.05) is 26.4 Å². The Labute approximate surface area is 149 Å². The summed E-state index contributed by atoms with van der Waals surface area (Å²) in [5, 5.41) is 8.97. The van der Waals surface area contributed by atoms with E-state index in [1.807, 2.05) is 11.5 Å². The predicted molar refractivity (Wildman–Crippen MR) is 91.6 cm³/mol. The lowest BCUT2D eigenvalue weighted by molar-refractivity contribution is -0.527. The quantitative estimate of drug-likeness (QED) is 0.414. The molecule has 0 saturated carbocycles. The number of thioether (sulfide) groups is 1. The first-order valence-electron chi connectivity index (χ1n) is 6.76. The summed E-state index contributed by atoms with van der Waals surface area (Å²) in [6.07, 6.45) is 0. The van der Waals surface area contributed by atoms with Crippen molar-refractivity contribution in [3.63, 3.8) is 0 Å². The molecule has 0 bridgehead atoms. The molecule has 0 spiro atoms. The molecule has 3 rings (SSSR count). The van der Waals surface area contributed by atoms with Crippen LogP contribution in [0.15, 0.2) is 9.33 Å². The summed E-state index contributed by atoms with van der Waals surface area (Å²) in [5.74, 6) is 0.928. The lowest BCUT2D eigenvalue weighted by atomic mass is 10.1. The molecule has 1 atom stereocenters. The van der Waals surface area contributed by atoms with Gasteiger partial charge in [0.1, 0.15) is 5.01 Å². The molecule has 1 aromatic heterocycles. The number of nitrogens with zero attached hydrogens (tertiary/aromatic N) is 6. The first-order chi connectivity index (χ1) is 10.9. The third-order valence-electron chi connectivity index (χ3n) is 3.55. The lowest BCUT2D eigenvalue weighted by Gasteiger charge is -2.30. The van der Waals surface area contributed by atoms with Crippen molar-refractivity contribution in [3.05, 3.63) is 5.01 Å². The van der Waals surface area contributed by atoms with Gasteiger partial charge in [-0.15, -0.1) is 10.2 Å². The Morgan fingerprint density at radius 3 is 2.70 bits per heavy atom. The number of aromatic nitrogens is 2. The second-order valence-corrected chi connectivity index (χ2v) is 8.24. The summed E-state index contributed by atoms with van der Waals surface area (Å²) in [7, 11) is 3.11. The number of urea groups is 1. The zero-order valence-corrected chi connectivity index (χ0v) is 15.9. The number of fused-ring (bicyclic) bond motifs is 1. The number of carbonyl (C=O) groups excluding carboxylic acids is 2. The standard InChI is InChI=1S/C12H14BrN6O2S2/c1-6-15-16-11(23-6)22-5-4-19-7-8(14-10(19)13)17(2)12(21)18(3)9(7)20/h7H,4-5H2,1-3H3/q+1. The number of rotatable bonds is 4. The van der Waals surface area contributed by atoms with Gasteiger partial charge in [0.2, 0.25) is 0 Å². The van der Waals surface area contributed by atoms with Crippen LogP contribution in [0.25, 0.3) is 0 Å². The minimum atomic E-state index is -0.561. The highest BCUT2D eigenvalue weighted by atomic mass is 79.9. The fraction of sp³-hybridized carbons (Fsp3) is 0.500. The number of hydrogen-bond acceptors (Lipinski definition) is 7. The number of carbonyl (C=O) groups is 2.